The molecule has 1 atom stereocenters. The lowest BCUT2D eigenvalue weighted by Gasteiger charge is -2.17. The second kappa shape index (κ2) is 6.78. The molecule has 0 amide bonds. The molecule has 5 nitrogen and oxygen atoms in total. The highest BCUT2D eigenvalue weighted by Crippen LogP contribution is 2.24. The minimum absolute atomic E-state index is 0.0239. The van der Waals surface area contributed by atoms with Gasteiger partial charge in [0, 0.05) is 25.0 Å². The van der Waals surface area contributed by atoms with Gasteiger partial charge in [-0.15, -0.1) is 0 Å². The van der Waals surface area contributed by atoms with Crippen LogP contribution in [0.1, 0.15) is 30.6 Å². The van der Waals surface area contributed by atoms with Crippen LogP contribution in [0.15, 0.2) is 42.7 Å². The van der Waals surface area contributed by atoms with E-state index >= 15 is 0 Å². The summed E-state index contributed by atoms with van der Waals surface area (Å²) in [6.45, 7) is 4.02. The first-order valence-corrected chi connectivity index (χ1v) is 7.92. The molecule has 0 spiro atoms. The Labute approximate surface area is 140 Å². The van der Waals surface area contributed by atoms with E-state index in [1.54, 1.807) is 23.0 Å². The summed E-state index contributed by atoms with van der Waals surface area (Å²) in [4.78, 5) is 8.91. The molecule has 0 saturated carbocycles. The smallest absolute Gasteiger partial charge is 0.223 e. The van der Waals surface area contributed by atoms with Crippen LogP contribution in [0.3, 0.4) is 0 Å². The zero-order valence-corrected chi connectivity index (χ0v) is 14.0. The molecule has 0 aliphatic carbocycles. The topological polar surface area (TPSA) is 55.6 Å². The fourth-order valence-electron chi connectivity index (χ4n) is 2.70. The largest absolute Gasteiger partial charge is 0.347 e. The Kier molecular flexibility index (Phi) is 4.55. The zero-order valence-electron chi connectivity index (χ0n) is 14.0. The molecule has 124 valence electrons. The molecule has 0 fully saturated rings. The third-order valence-electron chi connectivity index (χ3n) is 3.93. The average Bonchev–Trinajstić information content (AvgIpc) is 2.92. The number of anilines is 1. The molecule has 3 rings (SSSR count). The van der Waals surface area contributed by atoms with Crippen molar-refractivity contribution in [2.75, 3.05) is 5.32 Å². The van der Waals surface area contributed by atoms with Crippen LogP contribution in [0.2, 0.25) is 0 Å². The lowest BCUT2D eigenvalue weighted by atomic mass is 10.0. The Morgan fingerprint density at radius 1 is 1.21 bits per heavy atom. The number of benzene rings is 1. The van der Waals surface area contributed by atoms with E-state index in [4.69, 9.17) is 0 Å². The second-order valence-electron chi connectivity index (χ2n) is 5.72. The highest BCUT2D eigenvalue weighted by molar-refractivity contribution is 5.61. The molecule has 24 heavy (non-hydrogen) atoms. The maximum absolute atomic E-state index is 13.1. The number of halogens is 1. The summed E-state index contributed by atoms with van der Waals surface area (Å²) in [6.07, 6.45) is 4.51. The van der Waals surface area contributed by atoms with Crippen LogP contribution in [-0.2, 0) is 7.05 Å². The molecule has 1 N–H and O–H groups in total. The molecule has 6 heteroatoms. The van der Waals surface area contributed by atoms with E-state index in [0.717, 1.165) is 28.9 Å². The molecule has 2 aromatic heterocycles. The van der Waals surface area contributed by atoms with Gasteiger partial charge in [-0.25, -0.2) is 14.4 Å². The van der Waals surface area contributed by atoms with Crippen LogP contribution in [0, 0.1) is 12.7 Å². The second-order valence-corrected chi connectivity index (χ2v) is 5.72. The van der Waals surface area contributed by atoms with Gasteiger partial charge in [-0.1, -0.05) is 19.1 Å². The van der Waals surface area contributed by atoms with Crippen LogP contribution in [0.5, 0.6) is 0 Å². The van der Waals surface area contributed by atoms with Crippen molar-refractivity contribution < 1.29 is 4.39 Å². The summed E-state index contributed by atoms with van der Waals surface area (Å²) < 4.78 is 14.9. The quantitative estimate of drug-likeness (QED) is 0.773. The molecule has 0 aliphatic heterocycles. The minimum Gasteiger partial charge on any atom is -0.347 e. The van der Waals surface area contributed by atoms with Gasteiger partial charge in [0.2, 0.25) is 5.95 Å². The molecule has 0 bridgehead atoms. The van der Waals surface area contributed by atoms with Crippen molar-refractivity contribution in [3.63, 3.8) is 0 Å². The summed E-state index contributed by atoms with van der Waals surface area (Å²) in [5.74, 6) is 0.311. The molecule has 0 aliphatic rings. The van der Waals surface area contributed by atoms with Gasteiger partial charge in [-0.2, -0.15) is 5.10 Å². The molecule has 2 heterocycles. The summed E-state index contributed by atoms with van der Waals surface area (Å²) in [5.41, 5.74) is 3.74. The fraction of sp³-hybridized carbons (Fsp3) is 0.278. The molecule has 0 saturated heterocycles. The first-order valence-electron chi connectivity index (χ1n) is 7.92. The maximum atomic E-state index is 13.1. The van der Waals surface area contributed by atoms with Crippen LogP contribution >= 0.6 is 0 Å². The average molecular weight is 325 g/mol. The van der Waals surface area contributed by atoms with Gasteiger partial charge in [0.1, 0.15) is 5.82 Å². The standard InChI is InChI=1S/C18H20FN5/c1-4-16(13-5-7-14(19)8-6-13)21-18-20-10-9-17(22-18)15-11-24(3)23-12(15)2/h5-11,16H,4H2,1-3H3,(H,20,21,22)/t16-/m0/s1. The predicted octanol–water partition coefficient (Wildman–Crippen LogP) is 3.89. The van der Waals surface area contributed by atoms with E-state index < -0.39 is 0 Å². The summed E-state index contributed by atoms with van der Waals surface area (Å²) in [6, 6.07) is 8.40. The lowest BCUT2D eigenvalue weighted by Crippen LogP contribution is -2.12. The molecule has 1 aromatic carbocycles. The maximum Gasteiger partial charge on any atom is 0.223 e. The Morgan fingerprint density at radius 3 is 2.58 bits per heavy atom. The number of rotatable bonds is 5. The Balaban J connectivity index is 1.85. The number of nitrogens with one attached hydrogen (secondary N) is 1. The van der Waals surface area contributed by atoms with Crippen molar-refractivity contribution in [2.24, 2.45) is 7.05 Å². The number of nitrogens with zero attached hydrogens (tertiary/aromatic N) is 4. The first kappa shape index (κ1) is 16.1. The van der Waals surface area contributed by atoms with Crippen LogP contribution < -0.4 is 5.32 Å². The van der Waals surface area contributed by atoms with Gasteiger partial charge in [-0.05, 0) is 37.1 Å². The highest BCUT2D eigenvalue weighted by Gasteiger charge is 2.13. The van der Waals surface area contributed by atoms with Gasteiger partial charge in [0.25, 0.3) is 0 Å². The van der Waals surface area contributed by atoms with E-state index in [2.05, 4.69) is 27.3 Å². The zero-order chi connectivity index (χ0) is 17.1. The van der Waals surface area contributed by atoms with Gasteiger partial charge < -0.3 is 5.32 Å². The van der Waals surface area contributed by atoms with Crippen molar-refractivity contribution in [1.82, 2.24) is 19.7 Å². The van der Waals surface area contributed by atoms with E-state index in [-0.39, 0.29) is 11.9 Å². The normalized spacial score (nSPS) is 12.2. The van der Waals surface area contributed by atoms with E-state index in [9.17, 15) is 4.39 Å². The van der Waals surface area contributed by atoms with Gasteiger partial charge in [-0.3, -0.25) is 4.68 Å². The molecular weight excluding hydrogens is 305 g/mol. The van der Waals surface area contributed by atoms with E-state index in [1.807, 2.05) is 26.2 Å². The van der Waals surface area contributed by atoms with Crippen LogP contribution in [0.25, 0.3) is 11.3 Å². The molecule has 3 aromatic rings. The van der Waals surface area contributed by atoms with Gasteiger partial charge >= 0.3 is 0 Å². The van der Waals surface area contributed by atoms with Crippen LogP contribution in [-0.4, -0.2) is 19.7 Å². The number of hydrogen-bond acceptors (Lipinski definition) is 4. The third kappa shape index (κ3) is 3.42. The Morgan fingerprint density at radius 2 is 1.96 bits per heavy atom. The van der Waals surface area contributed by atoms with E-state index in [0.29, 0.717) is 5.95 Å². The SMILES string of the molecule is CC[C@H](Nc1nccc(-c2cn(C)nc2C)n1)c1ccc(F)cc1. The molecular formula is C18H20FN5. The summed E-state index contributed by atoms with van der Waals surface area (Å²) in [5, 5.41) is 7.68. The third-order valence-corrected chi connectivity index (χ3v) is 3.93. The van der Waals surface area contributed by atoms with Gasteiger partial charge in [0.05, 0.1) is 17.4 Å². The van der Waals surface area contributed by atoms with Crippen molar-refractivity contribution in [3.8, 4) is 11.3 Å². The highest BCUT2D eigenvalue weighted by atomic mass is 19.1. The van der Waals surface area contributed by atoms with Crippen LogP contribution in [0.4, 0.5) is 10.3 Å². The van der Waals surface area contributed by atoms with Crippen molar-refractivity contribution in [3.05, 3.63) is 59.8 Å². The van der Waals surface area contributed by atoms with Gasteiger partial charge in [0.15, 0.2) is 0 Å². The summed E-state index contributed by atoms with van der Waals surface area (Å²) >= 11 is 0. The number of aryl methyl sites for hydroxylation is 2. The Bertz CT molecular complexity index is 826. The fourth-order valence-corrected chi connectivity index (χ4v) is 2.70. The molecule has 0 radical (unpaired) electrons. The van der Waals surface area contributed by atoms with Crippen molar-refractivity contribution in [2.45, 2.75) is 26.3 Å². The number of hydrogen-bond donors (Lipinski definition) is 1. The van der Waals surface area contributed by atoms with Crippen molar-refractivity contribution >= 4 is 5.95 Å². The van der Waals surface area contributed by atoms with E-state index in [1.165, 1.54) is 12.1 Å². The van der Waals surface area contributed by atoms with Crippen molar-refractivity contribution in [1.29, 1.82) is 0 Å². The lowest BCUT2D eigenvalue weighted by molar-refractivity contribution is 0.625. The first-order chi connectivity index (χ1) is 11.6. The Hall–Kier alpha value is -2.76. The monoisotopic (exact) mass is 325 g/mol. The minimum atomic E-state index is -0.237. The predicted molar refractivity (Wildman–Crippen MR) is 92.0 cm³/mol. The molecule has 0 unspecified atom stereocenters. The number of aromatic nitrogens is 4. The summed E-state index contributed by atoms with van der Waals surface area (Å²) in [7, 11) is 1.89.